The van der Waals surface area contributed by atoms with E-state index in [2.05, 4.69) is 14.7 Å². The molecule has 5 nitrogen and oxygen atoms in total. The van der Waals surface area contributed by atoms with Crippen molar-refractivity contribution in [1.29, 1.82) is 0 Å². The van der Waals surface area contributed by atoms with E-state index in [-0.39, 0.29) is 6.61 Å². The monoisotopic (exact) mass is 284 g/mol. The SMILES string of the molecule is Cc1nc(-c2c(N)nsc2NCCCCO)cs1. The quantitative estimate of drug-likeness (QED) is 0.709. The summed E-state index contributed by atoms with van der Waals surface area (Å²) in [5.74, 6) is 0.523. The highest BCUT2D eigenvalue weighted by molar-refractivity contribution is 7.11. The predicted octanol–water partition coefficient (Wildman–Crippen LogP) is 2.34. The summed E-state index contributed by atoms with van der Waals surface area (Å²) < 4.78 is 4.17. The van der Waals surface area contributed by atoms with Gasteiger partial charge in [0.25, 0.3) is 0 Å². The van der Waals surface area contributed by atoms with Gasteiger partial charge in [0.1, 0.15) is 10.8 Å². The van der Waals surface area contributed by atoms with E-state index < -0.39 is 0 Å². The standard InChI is InChI=1S/C11H16N4OS2/c1-7-14-8(6-17-7)9-10(12)15-18-11(9)13-4-2-3-5-16/h6,13,16H,2-5H2,1H3,(H2,12,15). The molecule has 0 saturated heterocycles. The van der Waals surface area contributed by atoms with Gasteiger partial charge in [-0.2, -0.15) is 4.37 Å². The molecule has 2 aromatic heterocycles. The highest BCUT2D eigenvalue weighted by Gasteiger charge is 2.15. The van der Waals surface area contributed by atoms with Gasteiger partial charge >= 0.3 is 0 Å². The Morgan fingerprint density at radius 1 is 1.44 bits per heavy atom. The number of nitrogen functional groups attached to an aromatic ring is 1. The zero-order chi connectivity index (χ0) is 13.0. The Bertz CT molecular complexity index is 509. The van der Waals surface area contributed by atoms with Crippen LogP contribution in [-0.4, -0.2) is 27.6 Å². The lowest BCUT2D eigenvalue weighted by molar-refractivity contribution is 0.286. The average Bonchev–Trinajstić information content (AvgIpc) is 2.91. The van der Waals surface area contributed by atoms with Crippen LogP contribution in [0.25, 0.3) is 11.3 Å². The van der Waals surface area contributed by atoms with E-state index >= 15 is 0 Å². The molecule has 0 bridgehead atoms. The van der Waals surface area contributed by atoms with Crippen molar-refractivity contribution in [1.82, 2.24) is 9.36 Å². The number of aliphatic hydroxyl groups is 1. The summed E-state index contributed by atoms with van der Waals surface area (Å²) in [7, 11) is 0. The lowest BCUT2D eigenvalue weighted by Gasteiger charge is -2.04. The van der Waals surface area contributed by atoms with Crippen molar-refractivity contribution < 1.29 is 5.11 Å². The van der Waals surface area contributed by atoms with Crippen LogP contribution in [0.1, 0.15) is 17.8 Å². The molecule has 4 N–H and O–H groups in total. The predicted molar refractivity (Wildman–Crippen MR) is 77.2 cm³/mol. The number of thiazole rings is 1. The van der Waals surface area contributed by atoms with E-state index in [0.717, 1.165) is 40.7 Å². The minimum atomic E-state index is 0.227. The van der Waals surface area contributed by atoms with E-state index in [0.29, 0.717) is 5.82 Å². The fraction of sp³-hybridized carbons (Fsp3) is 0.455. The first-order valence-corrected chi connectivity index (χ1v) is 7.40. The molecule has 0 aliphatic heterocycles. The molecule has 0 aliphatic carbocycles. The summed E-state index contributed by atoms with van der Waals surface area (Å²) in [5, 5.41) is 16.0. The van der Waals surface area contributed by atoms with E-state index in [1.807, 2.05) is 12.3 Å². The number of anilines is 2. The highest BCUT2D eigenvalue weighted by atomic mass is 32.1. The Hall–Kier alpha value is -1.18. The average molecular weight is 284 g/mol. The van der Waals surface area contributed by atoms with Crippen molar-refractivity contribution in [2.45, 2.75) is 19.8 Å². The first-order chi connectivity index (χ1) is 8.72. The molecule has 18 heavy (non-hydrogen) atoms. The first-order valence-electron chi connectivity index (χ1n) is 5.74. The molecule has 0 atom stereocenters. The maximum absolute atomic E-state index is 8.74. The van der Waals surface area contributed by atoms with Crippen LogP contribution in [0.2, 0.25) is 0 Å². The van der Waals surface area contributed by atoms with Crippen LogP contribution in [0.3, 0.4) is 0 Å². The molecule has 2 rings (SSSR count). The van der Waals surface area contributed by atoms with Crippen LogP contribution >= 0.6 is 22.9 Å². The second-order valence-corrected chi connectivity index (χ2v) is 5.72. The molecular formula is C11H16N4OS2. The lowest BCUT2D eigenvalue weighted by Crippen LogP contribution is -2.02. The Morgan fingerprint density at radius 3 is 2.94 bits per heavy atom. The van der Waals surface area contributed by atoms with Crippen molar-refractivity contribution in [2.24, 2.45) is 0 Å². The highest BCUT2D eigenvalue weighted by Crippen LogP contribution is 2.36. The second-order valence-electron chi connectivity index (χ2n) is 3.88. The molecule has 0 aromatic carbocycles. The zero-order valence-electron chi connectivity index (χ0n) is 10.1. The van der Waals surface area contributed by atoms with Gasteiger partial charge in [0.15, 0.2) is 0 Å². The van der Waals surface area contributed by atoms with Crippen molar-refractivity contribution in [2.75, 3.05) is 24.2 Å². The number of aliphatic hydroxyl groups excluding tert-OH is 1. The fourth-order valence-corrected chi connectivity index (χ4v) is 2.94. The van der Waals surface area contributed by atoms with E-state index in [1.165, 1.54) is 11.5 Å². The van der Waals surface area contributed by atoms with Gasteiger partial charge in [0.2, 0.25) is 0 Å². The number of unbranched alkanes of at least 4 members (excludes halogenated alkanes) is 1. The molecule has 98 valence electrons. The molecule has 0 amide bonds. The molecule has 2 aromatic rings. The third kappa shape index (κ3) is 2.98. The van der Waals surface area contributed by atoms with Crippen LogP contribution < -0.4 is 11.1 Å². The summed E-state index contributed by atoms with van der Waals surface area (Å²) in [6, 6.07) is 0. The van der Waals surface area contributed by atoms with Crippen LogP contribution in [0, 0.1) is 6.92 Å². The van der Waals surface area contributed by atoms with Crippen molar-refractivity contribution in [3.8, 4) is 11.3 Å². The molecule has 0 unspecified atom stereocenters. The number of aryl methyl sites for hydroxylation is 1. The lowest BCUT2D eigenvalue weighted by atomic mass is 10.2. The van der Waals surface area contributed by atoms with Gasteiger partial charge in [-0.1, -0.05) is 0 Å². The normalized spacial score (nSPS) is 10.8. The Kier molecular flexibility index (Phi) is 4.51. The minimum absolute atomic E-state index is 0.227. The third-order valence-electron chi connectivity index (χ3n) is 2.46. The molecule has 0 aliphatic rings. The summed E-state index contributed by atoms with van der Waals surface area (Å²) in [4.78, 5) is 4.44. The molecule has 0 spiro atoms. The van der Waals surface area contributed by atoms with E-state index in [1.54, 1.807) is 11.3 Å². The molecule has 0 fully saturated rings. The van der Waals surface area contributed by atoms with E-state index in [4.69, 9.17) is 10.8 Å². The summed E-state index contributed by atoms with van der Waals surface area (Å²) in [6.07, 6.45) is 1.72. The largest absolute Gasteiger partial charge is 0.396 e. The molecular weight excluding hydrogens is 268 g/mol. The Labute approximate surface area is 114 Å². The smallest absolute Gasteiger partial charge is 0.148 e. The molecule has 0 radical (unpaired) electrons. The van der Waals surface area contributed by atoms with Gasteiger partial charge in [-0.05, 0) is 31.3 Å². The van der Waals surface area contributed by atoms with Gasteiger partial charge < -0.3 is 16.2 Å². The number of nitrogens with two attached hydrogens (primary N) is 1. The Balaban J connectivity index is 2.12. The number of hydrogen-bond donors (Lipinski definition) is 3. The van der Waals surface area contributed by atoms with Crippen LogP contribution in [0.4, 0.5) is 10.8 Å². The van der Waals surface area contributed by atoms with Gasteiger partial charge in [-0.15, -0.1) is 11.3 Å². The van der Waals surface area contributed by atoms with E-state index in [9.17, 15) is 0 Å². The zero-order valence-corrected chi connectivity index (χ0v) is 11.8. The first kappa shape index (κ1) is 13.3. The van der Waals surface area contributed by atoms with Crippen LogP contribution in [0.15, 0.2) is 5.38 Å². The minimum Gasteiger partial charge on any atom is -0.396 e. The molecule has 2 heterocycles. The number of nitrogens with one attached hydrogen (secondary N) is 1. The topological polar surface area (TPSA) is 84.1 Å². The van der Waals surface area contributed by atoms with Crippen LogP contribution in [-0.2, 0) is 0 Å². The summed E-state index contributed by atoms with van der Waals surface area (Å²) in [6.45, 7) is 3.00. The second kappa shape index (κ2) is 6.12. The molecule has 0 saturated carbocycles. The van der Waals surface area contributed by atoms with Crippen LogP contribution in [0.5, 0.6) is 0 Å². The van der Waals surface area contributed by atoms with Crippen molar-refractivity contribution in [3.63, 3.8) is 0 Å². The number of hydrogen-bond acceptors (Lipinski definition) is 7. The van der Waals surface area contributed by atoms with Crippen molar-refractivity contribution in [3.05, 3.63) is 10.4 Å². The summed E-state index contributed by atoms with van der Waals surface area (Å²) in [5.41, 5.74) is 7.68. The van der Waals surface area contributed by atoms with Gasteiger partial charge in [-0.25, -0.2) is 4.98 Å². The maximum atomic E-state index is 8.74. The number of rotatable bonds is 6. The Morgan fingerprint density at radius 2 is 2.28 bits per heavy atom. The molecule has 7 heteroatoms. The third-order valence-corrected chi connectivity index (χ3v) is 4.06. The van der Waals surface area contributed by atoms with Crippen molar-refractivity contribution >= 4 is 33.7 Å². The fourth-order valence-electron chi connectivity index (χ4n) is 1.59. The van der Waals surface area contributed by atoms with Gasteiger partial charge in [-0.3, -0.25) is 0 Å². The summed E-state index contributed by atoms with van der Waals surface area (Å²) >= 11 is 2.96. The van der Waals surface area contributed by atoms with Gasteiger partial charge in [0.05, 0.1) is 16.3 Å². The number of aromatic nitrogens is 2. The maximum Gasteiger partial charge on any atom is 0.148 e. The number of nitrogens with zero attached hydrogens (tertiary/aromatic N) is 2. The van der Waals surface area contributed by atoms with Gasteiger partial charge in [0, 0.05) is 18.5 Å².